The first-order valence-electron chi connectivity index (χ1n) is 8.94. The Morgan fingerprint density at radius 2 is 1.77 bits per heavy atom. The van der Waals surface area contributed by atoms with Crippen LogP contribution >= 0.6 is 0 Å². The first kappa shape index (κ1) is 23.6. The topological polar surface area (TPSA) is 91.4 Å². The van der Waals surface area contributed by atoms with Gasteiger partial charge < -0.3 is 23.3 Å². The Bertz CT molecular complexity index is 965. The minimum Gasteiger partial charge on any atom is -0.494 e. The molecule has 0 heterocycles. The number of halogens is 1. The van der Waals surface area contributed by atoms with Gasteiger partial charge in [-0.15, -0.1) is 0 Å². The molecule has 2 rings (SSSR count). The molecule has 0 fully saturated rings. The fourth-order valence-corrected chi connectivity index (χ4v) is 3.58. The number of hydrogen-bond donors (Lipinski definition) is 0. The van der Waals surface area contributed by atoms with Crippen LogP contribution in [0.4, 0.5) is 4.39 Å². The van der Waals surface area contributed by atoms with Crippen LogP contribution in [-0.4, -0.2) is 60.3 Å². The Labute approximate surface area is 175 Å². The SMILES string of the molecule is COCCN(Cc1ccccc1OS(=O)(=O)c1ccc(OC)c(F)c1)C(=O)COC. The van der Waals surface area contributed by atoms with Crippen molar-refractivity contribution in [2.75, 3.05) is 41.1 Å². The van der Waals surface area contributed by atoms with Crippen LogP contribution < -0.4 is 8.92 Å². The molecule has 10 heteroatoms. The van der Waals surface area contributed by atoms with Gasteiger partial charge in [-0.25, -0.2) is 4.39 Å². The normalized spacial score (nSPS) is 11.2. The molecule has 1 amide bonds. The van der Waals surface area contributed by atoms with Crippen LogP contribution in [0.2, 0.25) is 0 Å². The minimum absolute atomic E-state index is 0.0290. The number of amides is 1. The van der Waals surface area contributed by atoms with E-state index in [2.05, 4.69) is 0 Å². The fraction of sp³-hybridized carbons (Fsp3) is 0.350. The maximum absolute atomic E-state index is 13.9. The molecular weight excluding hydrogens is 417 g/mol. The van der Waals surface area contributed by atoms with E-state index >= 15 is 0 Å². The van der Waals surface area contributed by atoms with Crippen LogP contribution in [0.1, 0.15) is 5.56 Å². The number of para-hydroxylation sites is 1. The van der Waals surface area contributed by atoms with Crippen molar-refractivity contribution in [3.05, 3.63) is 53.8 Å². The zero-order valence-electron chi connectivity index (χ0n) is 17.0. The van der Waals surface area contributed by atoms with Crippen molar-refractivity contribution < 1.29 is 36.0 Å². The summed E-state index contributed by atoms with van der Waals surface area (Å²) in [7, 11) is -0.120. The van der Waals surface area contributed by atoms with E-state index in [9.17, 15) is 17.6 Å². The monoisotopic (exact) mass is 441 g/mol. The lowest BCUT2D eigenvalue weighted by atomic mass is 10.2. The van der Waals surface area contributed by atoms with E-state index in [1.54, 1.807) is 18.2 Å². The molecule has 0 spiro atoms. The summed E-state index contributed by atoms with van der Waals surface area (Å²) >= 11 is 0. The van der Waals surface area contributed by atoms with Gasteiger partial charge in [-0.1, -0.05) is 18.2 Å². The highest BCUT2D eigenvalue weighted by Gasteiger charge is 2.22. The number of hydrogen-bond acceptors (Lipinski definition) is 7. The molecular formula is C20H24FNO7S. The van der Waals surface area contributed by atoms with Crippen LogP contribution in [0.25, 0.3) is 0 Å². The molecule has 0 aliphatic carbocycles. The number of carbonyl (C=O) groups excluding carboxylic acids is 1. The predicted molar refractivity (Wildman–Crippen MR) is 106 cm³/mol. The standard InChI is InChI=1S/C20H24FNO7S/c1-26-11-10-22(20(23)14-27-2)13-15-6-4-5-7-18(15)29-30(24,25)16-8-9-19(28-3)17(21)12-16/h4-9,12H,10-11,13-14H2,1-3H3. The molecule has 2 aromatic carbocycles. The summed E-state index contributed by atoms with van der Waals surface area (Å²) in [4.78, 5) is 13.4. The molecule has 0 bridgehead atoms. The molecule has 0 radical (unpaired) electrons. The van der Waals surface area contributed by atoms with Crippen molar-refractivity contribution in [2.24, 2.45) is 0 Å². The second-order valence-electron chi connectivity index (χ2n) is 6.18. The van der Waals surface area contributed by atoms with Crippen molar-refractivity contribution in [3.8, 4) is 11.5 Å². The van der Waals surface area contributed by atoms with Gasteiger partial charge in [-0.2, -0.15) is 8.42 Å². The number of ether oxygens (including phenoxy) is 3. The minimum atomic E-state index is -4.31. The molecule has 2 aromatic rings. The van der Waals surface area contributed by atoms with E-state index < -0.39 is 15.9 Å². The Hall–Kier alpha value is -2.69. The van der Waals surface area contributed by atoms with Crippen molar-refractivity contribution in [3.63, 3.8) is 0 Å². The maximum atomic E-state index is 13.9. The van der Waals surface area contributed by atoms with Gasteiger partial charge in [0.1, 0.15) is 17.3 Å². The Morgan fingerprint density at radius 3 is 2.40 bits per heavy atom. The highest BCUT2D eigenvalue weighted by Crippen LogP contribution is 2.26. The Kier molecular flexibility index (Phi) is 8.58. The zero-order valence-corrected chi connectivity index (χ0v) is 17.8. The molecule has 164 valence electrons. The maximum Gasteiger partial charge on any atom is 0.339 e. The van der Waals surface area contributed by atoms with Crippen LogP contribution in [0, 0.1) is 5.82 Å². The predicted octanol–water partition coefficient (Wildman–Crippen LogP) is 2.22. The lowest BCUT2D eigenvalue weighted by molar-refractivity contribution is -0.136. The lowest BCUT2D eigenvalue weighted by Crippen LogP contribution is -2.36. The third kappa shape index (κ3) is 6.15. The highest BCUT2D eigenvalue weighted by atomic mass is 32.2. The van der Waals surface area contributed by atoms with Gasteiger partial charge in [0.2, 0.25) is 5.91 Å². The summed E-state index contributed by atoms with van der Waals surface area (Å²) in [5.74, 6) is -1.17. The quantitative estimate of drug-likeness (QED) is 0.494. The third-order valence-corrected chi connectivity index (χ3v) is 5.36. The van der Waals surface area contributed by atoms with Gasteiger partial charge >= 0.3 is 10.1 Å². The average Bonchev–Trinajstić information content (AvgIpc) is 2.72. The van der Waals surface area contributed by atoms with E-state index in [-0.39, 0.29) is 42.0 Å². The summed E-state index contributed by atoms with van der Waals surface area (Å²) in [6, 6.07) is 9.60. The second kappa shape index (κ2) is 10.9. The molecule has 0 saturated carbocycles. The molecule has 0 aliphatic heterocycles. The van der Waals surface area contributed by atoms with Gasteiger partial charge in [0, 0.05) is 32.9 Å². The van der Waals surface area contributed by atoms with E-state index in [1.165, 1.54) is 44.4 Å². The zero-order chi connectivity index (χ0) is 22.1. The molecule has 8 nitrogen and oxygen atoms in total. The first-order valence-corrected chi connectivity index (χ1v) is 10.3. The van der Waals surface area contributed by atoms with Gasteiger partial charge in [-0.3, -0.25) is 4.79 Å². The van der Waals surface area contributed by atoms with Gasteiger partial charge in [0.15, 0.2) is 11.6 Å². The van der Waals surface area contributed by atoms with E-state index in [0.29, 0.717) is 12.2 Å². The number of benzene rings is 2. The molecule has 0 N–H and O–H groups in total. The summed E-state index contributed by atoms with van der Waals surface area (Å²) in [6.07, 6.45) is 0. The van der Waals surface area contributed by atoms with Crippen molar-refractivity contribution in [1.82, 2.24) is 4.90 Å². The fourth-order valence-electron chi connectivity index (χ4n) is 2.60. The van der Waals surface area contributed by atoms with Crippen molar-refractivity contribution >= 4 is 16.0 Å². The van der Waals surface area contributed by atoms with Crippen molar-refractivity contribution in [2.45, 2.75) is 11.4 Å². The number of nitrogens with zero attached hydrogens (tertiary/aromatic N) is 1. The summed E-state index contributed by atoms with van der Waals surface area (Å²) < 4.78 is 59.2. The molecule has 0 saturated heterocycles. The van der Waals surface area contributed by atoms with Crippen LogP contribution in [0.5, 0.6) is 11.5 Å². The summed E-state index contributed by atoms with van der Waals surface area (Å²) in [5, 5.41) is 0. The van der Waals surface area contributed by atoms with Gasteiger partial charge in [0.25, 0.3) is 0 Å². The largest absolute Gasteiger partial charge is 0.494 e. The van der Waals surface area contributed by atoms with Crippen LogP contribution in [0.15, 0.2) is 47.4 Å². The molecule has 30 heavy (non-hydrogen) atoms. The molecule has 0 unspecified atom stereocenters. The van der Waals surface area contributed by atoms with Crippen LogP contribution in [-0.2, 0) is 30.9 Å². The molecule has 0 atom stereocenters. The second-order valence-corrected chi connectivity index (χ2v) is 7.73. The average molecular weight is 441 g/mol. The summed E-state index contributed by atoms with van der Waals surface area (Å²) in [6.45, 7) is 0.524. The van der Waals surface area contributed by atoms with E-state index in [1.807, 2.05) is 0 Å². The van der Waals surface area contributed by atoms with Crippen molar-refractivity contribution in [1.29, 1.82) is 0 Å². The summed E-state index contributed by atoms with van der Waals surface area (Å²) in [5.41, 5.74) is 0.454. The number of rotatable bonds is 11. The highest BCUT2D eigenvalue weighted by molar-refractivity contribution is 7.87. The van der Waals surface area contributed by atoms with E-state index in [0.717, 1.165) is 6.07 Å². The first-order chi connectivity index (χ1) is 14.3. The van der Waals surface area contributed by atoms with Gasteiger partial charge in [-0.05, 0) is 24.3 Å². The number of methoxy groups -OCH3 is 3. The van der Waals surface area contributed by atoms with Gasteiger partial charge in [0.05, 0.1) is 13.7 Å². The Balaban J connectivity index is 2.29. The molecule has 0 aromatic heterocycles. The smallest absolute Gasteiger partial charge is 0.339 e. The molecule has 0 aliphatic rings. The van der Waals surface area contributed by atoms with E-state index in [4.69, 9.17) is 18.4 Å². The lowest BCUT2D eigenvalue weighted by Gasteiger charge is -2.23. The number of carbonyl (C=O) groups is 1. The van der Waals surface area contributed by atoms with Crippen LogP contribution in [0.3, 0.4) is 0 Å². The third-order valence-electron chi connectivity index (χ3n) is 4.13. The Morgan fingerprint density at radius 1 is 1.03 bits per heavy atom.